The zero-order chi connectivity index (χ0) is 16.0. The van der Waals surface area contributed by atoms with Crippen LogP contribution in [-0.4, -0.2) is 43.8 Å². The third-order valence-corrected chi connectivity index (χ3v) is 4.45. The van der Waals surface area contributed by atoms with Crippen LogP contribution in [0.15, 0.2) is 30.3 Å². The number of nitrogens with zero attached hydrogens (tertiary/aromatic N) is 1. The molecule has 118 valence electrons. The first kappa shape index (κ1) is 17.7. The number of rotatable bonds is 7. The van der Waals surface area contributed by atoms with Gasteiger partial charge >= 0.3 is 0 Å². The smallest absolute Gasteiger partial charge is 0.224 e. The fraction of sp³-hybridized carbons (Fsp3) is 0.533. The zero-order valence-corrected chi connectivity index (χ0v) is 13.6. The van der Waals surface area contributed by atoms with Gasteiger partial charge in [0.2, 0.25) is 5.91 Å². The molecule has 1 rings (SSSR count). The largest absolute Gasteiger partial charge is 0.339 e. The molecule has 0 aliphatic carbocycles. The van der Waals surface area contributed by atoms with Gasteiger partial charge in [-0.25, -0.2) is 8.42 Å². The molecule has 0 saturated carbocycles. The van der Waals surface area contributed by atoms with E-state index in [2.05, 4.69) is 0 Å². The van der Waals surface area contributed by atoms with Crippen molar-refractivity contribution in [3.05, 3.63) is 35.9 Å². The lowest BCUT2D eigenvalue weighted by atomic mass is 10.0. The maximum absolute atomic E-state index is 12.3. The van der Waals surface area contributed by atoms with E-state index in [1.54, 1.807) is 11.8 Å². The molecule has 0 fully saturated rings. The van der Waals surface area contributed by atoms with Crippen LogP contribution >= 0.6 is 0 Å². The van der Waals surface area contributed by atoms with Crippen LogP contribution < -0.4 is 5.73 Å². The predicted molar refractivity (Wildman–Crippen MR) is 84.5 cm³/mol. The van der Waals surface area contributed by atoms with Crippen LogP contribution in [0.1, 0.15) is 31.9 Å². The highest BCUT2D eigenvalue weighted by molar-refractivity contribution is 7.90. The number of benzene rings is 1. The standard InChI is InChI=1S/C15H24N2O3S/c1-4-17(12(2)11-21(3,19)20)15(18)10-14(16)13-8-6-5-7-9-13/h5-9,12,14H,4,10-11,16H2,1-3H3. The summed E-state index contributed by atoms with van der Waals surface area (Å²) in [6.45, 7) is 4.05. The topological polar surface area (TPSA) is 80.5 Å². The number of hydrogen-bond donors (Lipinski definition) is 1. The van der Waals surface area contributed by atoms with E-state index in [4.69, 9.17) is 5.73 Å². The Hall–Kier alpha value is -1.40. The molecule has 21 heavy (non-hydrogen) atoms. The van der Waals surface area contributed by atoms with Crippen LogP contribution in [0.4, 0.5) is 0 Å². The molecule has 2 atom stereocenters. The van der Waals surface area contributed by atoms with E-state index in [0.717, 1.165) is 5.56 Å². The minimum Gasteiger partial charge on any atom is -0.339 e. The Morgan fingerprint density at radius 1 is 1.29 bits per heavy atom. The van der Waals surface area contributed by atoms with E-state index in [9.17, 15) is 13.2 Å². The Labute approximate surface area is 127 Å². The van der Waals surface area contributed by atoms with Gasteiger partial charge in [0.05, 0.1) is 5.75 Å². The summed E-state index contributed by atoms with van der Waals surface area (Å²) in [5.41, 5.74) is 6.95. The van der Waals surface area contributed by atoms with Crippen LogP contribution in [-0.2, 0) is 14.6 Å². The fourth-order valence-corrected chi connectivity index (χ4v) is 3.44. The molecule has 0 spiro atoms. The maximum atomic E-state index is 12.3. The van der Waals surface area contributed by atoms with Crippen LogP contribution in [0.3, 0.4) is 0 Å². The van der Waals surface area contributed by atoms with E-state index in [-0.39, 0.29) is 30.2 Å². The van der Waals surface area contributed by atoms with Crippen molar-refractivity contribution < 1.29 is 13.2 Å². The van der Waals surface area contributed by atoms with Gasteiger partial charge in [0.15, 0.2) is 0 Å². The summed E-state index contributed by atoms with van der Waals surface area (Å²) >= 11 is 0. The average Bonchev–Trinajstić information content (AvgIpc) is 2.38. The normalized spacial score (nSPS) is 14.5. The summed E-state index contributed by atoms with van der Waals surface area (Å²) in [5.74, 6) is -0.155. The number of hydrogen-bond acceptors (Lipinski definition) is 4. The molecule has 0 saturated heterocycles. The minimum atomic E-state index is -3.12. The molecule has 2 unspecified atom stereocenters. The number of carbonyl (C=O) groups excluding carboxylic acids is 1. The molecule has 0 aromatic heterocycles. The predicted octanol–water partition coefficient (Wildman–Crippen LogP) is 1.36. The molecular formula is C15H24N2O3S. The highest BCUT2D eigenvalue weighted by atomic mass is 32.2. The lowest BCUT2D eigenvalue weighted by molar-refractivity contribution is -0.132. The van der Waals surface area contributed by atoms with Crippen LogP contribution in [0.25, 0.3) is 0 Å². The fourth-order valence-electron chi connectivity index (χ4n) is 2.39. The molecule has 6 heteroatoms. The molecule has 1 amide bonds. The molecule has 0 radical (unpaired) electrons. The van der Waals surface area contributed by atoms with Crippen molar-refractivity contribution in [1.29, 1.82) is 0 Å². The molecule has 2 N–H and O–H groups in total. The minimum absolute atomic E-state index is 0.0346. The van der Waals surface area contributed by atoms with E-state index >= 15 is 0 Å². The lowest BCUT2D eigenvalue weighted by Crippen LogP contribution is -2.43. The van der Waals surface area contributed by atoms with Crippen molar-refractivity contribution in [3.8, 4) is 0 Å². The molecular weight excluding hydrogens is 288 g/mol. The quantitative estimate of drug-likeness (QED) is 0.824. The second kappa shape index (κ2) is 7.56. The van der Waals surface area contributed by atoms with Crippen LogP contribution in [0.2, 0.25) is 0 Å². The van der Waals surface area contributed by atoms with Gasteiger partial charge < -0.3 is 10.6 Å². The third kappa shape index (κ3) is 5.85. The highest BCUT2D eigenvalue weighted by Gasteiger charge is 2.23. The first-order valence-corrected chi connectivity index (χ1v) is 9.08. The van der Waals surface area contributed by atoms with Crippen LogP contribution in [0, 0.1) is 0 Å². The molecule has 5 nitrogen and oxygen atoms in total. The van der Waals surface area contributed by atoms with Gasteiger partial charge in [-0.1, -0.05) is 30.3 Å². The summed E-state index contributed by atoms with van der Waals surface area (Å²) < 4.78 is 22.7. The maximum Gasteiger partial charge on any atom is 0.224 e. The summed E-state index contributed by atoms with van der Waals surface area (Å²) in [7, 11) is -3.12. The Morgan fingerprint density at radius 2 is 1.86 bits per heavy atom. The second-order valence-electron chi connectivity index (χ2n) is 5.34. The second-order valence-corrected chi connectivity index (χ2v) is 7.53. The molecule has 0 heterocycles. The molecule has 0 aliphatic heterocycles. The molecule has 1 aromatic rings. The SMILES string of the molecule is CCN(C(=O)CC(N)c1ccccc1)C(C)CS(C)(=O)=O. The monoisotopic (exact) mass is 312 g/mol. The summed E-state index contributed by atoms with van der Waals surface area (Å²) in [6, 6.07) is 8.69. The van der Waals surface area contributed by atoms with Crippen LogP contribution in [0.5, 0.6) is 0 Å². The lowest BCUT2D eigenvalue weighted by Gasteiger charge is -2.28. The Bertz CT molecular complexity index is 558. The highest BCUT2D eigenvalue weighted by Crippen LogP contribution is 2.16. The third-order valence-electron chi connectivity index (χ3n) is 3.36. The number of amides is 1. The molecule has 0 aliphatic rings. The van der Waals surface area contributed by atoms with E-state index in [0.29, 0.717) is 6.54 Å². The van der Waals surface area contributed by atoms with Gasteiger partial charge in [-0.15, -0.1) is 0 Å². The van der Waals surface area contributed by atoms with Gasteiger partial charge in [0.25, 0.3) is 0 Å². The average molecular weight is 312 g/mol. The van der Waals surface area contributed by atoms with Gasteiger partial charge in [-0.3, -0.25) is 4.79 Å². The number of carbonyl (C=O) groups is 1. The number of sulfone groups is 1. The van der Waals surface area contributed by atoms with Crippen molar-refractivity contribution in [1.82, 2.24) is 4.90 Å². The van der Waals surface area contributed by atoms with Crippen molar-refractivity contribution in [3.63, 3.8) is 0 Å². The van der Waals surface area contributed by atoms with Gasteiger partial charge in [-0.2, -0.15) is 0 Å². The number of nitrogens with two attached hydrogens (primary N) is 1. The van der Waals surface area contributed by atoms with Crippen molar-refractivity contribution >= 4 is 15.7 Å². The Morgan fingerprint density at radius 3 is 2.33 bits per heavy atom. The van der Waals surface area contributed by atoms with Crippen molar-refractivity contribution in [2.24, 2.45) is 5.73 Å². The van der Waals surface area contributed by atoms with E-state index in [1.807, 2.05) is 37.3 Å². The first-order valence-electron chi connectivity index (χ1n) is 7.02. The zero-order valence-electron chi connectivity index (χ0n) is 12.8. The van der Waals surface area contributed by atoms with Gasteiger partial charge in [-0.05, 0) is 19.4 Å². The molecule has 1 aromatic carbocycles. The van der Waals surface area contributed by atoms with Crippen molar-refractivity contribution in [2.75, 3.05) is 18.6 Å². The Kier molecular flexibility index (Phi) is 6.36. The summed E-state index contributed by atoms with van der Waals surface area (Å²) in [5, 5.41) is 0. The first-order chi connectivity index (χ1) is 9.74. The van der Waals surface area contributed by atoms with Gasteiger partial charge in [0, 0.05) is 31.3 Å². The summed E-state index contributed by atoms with van der Waals surface area (Å²) in [4.78, 5) is 13.9. The van der Waals surface area contributed by atoms with E-state index in [1.165, 1.54) is 6.26 Å². The van der Waals surface area contributed by atoms with Crippen molar-refractivity contribution in [2.45, 2.75) is 32.4 Å². The Balaban J connectivity index is 2.71. The van der Waals surface area contributed by atoms with E-state index < -0.39 is 9.84 Å². The van der Waals surface area contributed by atoms with Gasteiger partial charge in [0.1, 0.15) is 9.84 Å². The molecule has 0 bridgehead atoms. The summed E-state index contributed by atoms with van der Waals surface area (Å²) in [6.07, 6.45) is 1.35.